The summed E-state index contributed by atoms with van der Waals surface area (Å²) in [5.41, 5.74) is 3.26. The van der Waals surface area contributed by atoms with Crippen LogP contribution in [0.25, 0.3) is 11.6 Å². The Morgan fingerprint density at radius 1 is 1.11 bits per heavy atom. The van der Waals surface area contributed by atoms with E-state index in [0.29, 0.717) is 0 Å². The standard InChI is InChI=1S/C15H13NO2S/c1-11(13-4-8-15(19)9-5-13)10-12-2-6-14(7-3-12)16(17)18/h2-10,19H,1H3/b11-10+. The zero-order valence-corrected chi connectivity index (χ0v) is 11.3. The summed E-state index contributed by atoms with van der Waals surface area (Å²) >= 11 is 4.25. The molecule has 96 valence electrons. The molecule has 2 rings (SSSR count). The lowest BCUT2D eigenvalue weighted by molar-refractivity contribution is -0.384. The second-order valence-electron chi connectivity index (χ2n) is 4.22. The molecule has 0 fully saturated rings. The molecular formula is C15H13NO2S. The van der Waals surface area contributed by atoms with Crippen LogP contribution in [0.5, 0.6) is 0 Å². The summed E-state index contributed by atoms with van der Waals surface area (Å²) in [5.74, 6) is 0. The van der Waals surface area contributed by atoms with E-state index in [1.165, 1.54) is 12.1 Å². The number of nitrogens with zero attached hydrogens (tertiary/aromatic N) is 1. The number of hydrogen-bond acceptors (Lipinski definition) is 3. The van der Waals surface area contributed by atoms with Crippen LogP contribution in [0.15, 0.2) is 53.4 Å². The maximum atomic E-state index is 10.6. The molecule has 0 amide bonds. The zero-order valence-electron chi connectivity index (χ0n) is 10.4. The average molecular weight is 271 g/mol. The summed E-state index contributed by atoms with van der Waals surface area (Å²) in [4.78, 5) is 11.1. The molecule has 2 aromatic rings. The zero-order chi connectivity index (χ0) is 13.8. The fourth-order valence-corrected chi connectivity index (χ4v) is 1.90. The molecule has 0 radical (unpaired) electrons. The fraction of sp³-hybridized carbons (Fsp3) is 0.0667. The van der Waals surface area contributed by atoms with Gasteiger partial charge in [0.2, 0.25) is 0 Å². The highest BCUT2D eigenvalue weighted by Crippen LogP contribution is 2.20. The highest BCUT2D eigenvalue weighted by atomic mass is 32.1. The number of nitro benzene ring substituents is 1. The van der Waals surface area contributed by atoms with Crippen molar-refractivity contribution in [2.24, 2.45) is 0 Å². The van der Waals surface area contributed by atoms with Gasteiger partial charge in [-0.2, -0.15) is 0 Å². The number of benzene rings is 2. The fourth-order valence-electron chi connectivity index (χ4n) is 1.75. The smallest absolute Gasteiger partial charge is 0.258 e. The quantitative estimate of drug-likeness (QED) is 0.388. The number of rotatable bonds is 3. The molecule has 0 aromatic heterocycles. The Balaban J connectivity index is 2.25. The first-order valence-corrected chi connectivity index (χ1v) is 6.23. The maximum absolute atomic E-state index is 10.6. The molecule has 19 heavy (non-hydrogen) atoms. The van der Waals surface area contributed by atoms with Crippen molar-refractivity contribution in [2.45, 2.75) is 11.8 Å². The molecule has 0 N–H and O–H groups in total. The van der Waals surface area contributed by atoms with E-state index >= 15 is 0 Å². The Morgan fingerprint density at radius 2 is 1.68 bits per heavy atom. The van der Waals surface area contributed by atoms with Gasteiger partial charge in [0.1, 0.15) is 0 Å². The van der Waals surface area contributed by atoms with E-state index in [4.69, 9.17) is 0 Å². The van der Waals surface area contributed by atoms with Crippen LogP contribution < -0.4 is 0 Å². The van der Waals surface area contributed by atoms with E-state index in [9.17, 15) is 10.1 Å². The summed E-state index contributed by atoms with van der Waals surface area (Å²) in [6.07, 6.45) is 2.00. The van der Waals surface area contributed by atoms with Crippen LogP contribution in [0.3, 0.4) is 0 Å². The predicted octanol–water partition coefficient (Wildman–Crippen LogP) is 4.44. The number of allylic oxidation sites excluding steroid dienone is 1. The molecule has 0 unspecified atom stereocenters. The van der Waals surface area contributed by atoms with Crippen LogP contribution in [0.2, 0.25) is 0 Å². The minimum absolute atomic E-state index is 0.106. The molecule has 3 nitrogen and oxygen atoms in total. The monoisotopic (exact) mass is 271 g/mol. The SMILES string of the molecule is C/C(=C\c1ccc([N+](=O)[O-])cc1)c1ccc(S)cc1. The van der Waals surface area contributed by atoms with Gasteiger partial charge in [-0.3, -0.25) is 10.1 Å². The van der Waals surface area contributed by atoms with Crippen molar-refractivity contribution in [1.29, 1.82) is 0 Å². The van der Waals surface area contributed by atoms with E-state index in [-0.39, 0.29) is 5.69 Å². The molecule has 0 saturated carbocycles. The number of non-ortho nitro benzene ring substituents is 1. The lowest BCUT2D eigenvalue weighted by Crippen LogP contribution is -1.87. The molecule has 0 saturated heterocycles. The molecule has 0 aliphatic heterocycles. The summed E-state index contributed by atoms with van der Waals surface area (Å²) in [5, 5.41) is 10.6. The van der Waals surface area contributed by atoms with Gasteiger partial charge in [-0.1, -0.05) is 18.2 Å². The van der Waals surface area contributed by atoms with Gasteiger partial charge in [-0.15, -0.1) is 12.6 Å². The van der Waals surface area contributed by atoms with E-state index in [2.05, 4.69) is 12.6 Å². The topological polar surface area (TPSA) is 43.1 Å². The second-order valence-corrected chi connectivity index (χ2v) is 4.74. The minimum Gasteiger partial charge on any atom is -0.258 e. The summed E-state index contributed by atoms with van der Waals surface area (Å²) in [6.45, 7) is 2.01. The van der Waals surface area contributed by atoms with Gasteiger partial charge in [-0.25, -0.2) is 0 Å². The molecule has 0 atom stereocenters. The van der Waals surface area contributed by atoms with E-state index in [0.717, 1.165) is 21.6 Å². The first-order chi connectivity index (χ1) is 9.06. The third-order valence-electron chi connectivity index (χ3n) is 2.81. The molecule has 0 bridgehead atoms. The third-order valence-corrected chi connectivity index (χ3v) is 3.11. The molecular weight excluding hydrogens is 258 g/mol. The first kappa shape index (κ1) is 13.4. The van der Waals surface area contributed by atoms with Gasteiger partial charge in [0.25, 0.3) is 5.69 Å². The van der Waals surface area contributed by atoms with Gasteiger partial charge in [-0.05, 0) is 47.9 Å². The Kier molecular flexibility index (Phi) is 4.02. The number of thiol groups is 1. The van der Waals surface area contributed by atoms with Crippen LogP contribution in [0, 0.1) is 10.1 Å². The average Bonchev–Trinajstić information content (AvgIpc) is 2.40. The minimum atomic E-state index is -0.397. The van der Waals surface area contributed by atoms with Gasteiger partial charge >= 0.3 is 0 Å². The first-order valence-electron chi connectivity index (χ1n) is 5.78. The van der Waals surface area contributed by atoms with Gasteiger partial charge in [0, 0.05) is 17.0 Å². The van der Waals surface area contributed by atoms with Crippen LogP contribution in [0.4, 0.5) is 5.69 Å². The van der Waals surface area contributed by atoms with Crippen LogP contribution in [0.1, 0.15) is 18.1 Å². The Hall–Kier alpha value is -2.07. The van der Waals surface area contributed by atoms with Crippen molar-refractivity contribution in [3.8, 4) is 0 Å². The van der Waals surface area contributed by atoms with Crippen molar-refractivity contribution in [3.63, 3.8) is 0 Å². The van der Waals surface area contributed by atoms with E-state index in [1.807, 2.05) is 37.3 Å². The van der Waals surface area contributed by atoms with Gasteiger partial charge in [0.05, 0.1) is 4.92 Å². The molecule has 2 aromatic carbocycles. The van der Waals surface area contributed by atoms with Crippen molar-refractivity contribution >= 4 is 30.0 Å². The van der Waals surface area contributed by atoms with E-state index < -0.39 is 4.92 Å². The second kappa shape index (κ2) is 5.71. The van der Waals surface area contributed by atoms with Crippen LogP contribution in [-0.4, -0.2) is 4.92 Å². The molecule has 0 aliphatic carbocycles. The largest absolute Gasteiger partial charge is 0.269 e. The third kappa shape index (κ3) is 3.45. The van der Waals surface area contributed by atoms with Crippen molar-refractivity contribution in [3.05, 3.63) is 69.8 Å². The van der Waals surface area contributed by atoms with Crippen LogP contribution in [-0.2, 0) is 0 Å². The normalized spacial score (nSPS) is 11.4. The molecule has 0 heterocycles. The Bertz CT molecular complexity index is 616. The predicted molar refractivity (Wildman–Crippen MR) is 80.3 cm³/mol. The summed E-state index contributed by atoms with van der Waals surface area (Å²) in [6, 6.07) is 14.4. The molecule has 0 aliphatic rings. The van der Waals surface area contributed by atoms with Crippen molar-refractivity contribution < 1.29 is 4.92 Å². The van der Waals surface area contributed by atoms with Gasteiger partial charge < -0.3 is 0 Å². The highest BCUT2D eigenvalue weighted by molar-refractivity contribution is 7.80. The number of hydrogen-bond donors (Lipinski definition) is 1. The Morgan fingerprint density at radius 3 is 2.21 bits per heavy atom. The summed E-state index contributed by atoms with van der Waals surface area (Å²) in [7, 11) is 0. The van der Waals surface area contributed by atoms with Crippen molar-refractivity contribution in [2.75, 3.05) is 0 Å². The lowest BCUT2D eigenvalue weighted by Gasteiger charge is -2.02. The summed E-state index contributed by atoms with van der Waals surface area (Å²) < 4.78 is 0. The van der Waals surface area contributed by atoms with Crippen LogP contribution >= 0.6 is 12.6 Å². The van der Waals surface area contributed by atoms with Gasteiger partial charge in [0.15, 0.2) is 0 Å². The lowest BCUT2D eigenvalue weighted by atomic mass is 10.0. The Labute approximate surface area is 117 Å². The highest BCUT2D eigenvalue weighted by Gasteiger charge is 2.03. The molecule has 4 heteroatoms. The van der Waals surface area contributed by atoms with Crippen molar-refractivity contribution in [1.82, 2.24) is 0 Å². The maximum Gasteiger partial charge on any atom is 0.269 e. The number of nitro groups is 1. The molecule has 0 spiro atoms. The van der Waals surface area contributed by atoms with E-state index in [1.54, 1.807) is 12.1 Å².